The molecule has 0 radical (unpaired) electrons. The van der Waals surface area contributed by atoms with E-state index < -0.39 is 5.97 Å². The minimum atomic E-state index is -0.608. The molecule has 192 valence electrons. The summed E-state index contributed by atoms with van der Waals surface area (Å²) in [6, 6.07) is 8.25. The number of nitrogens with one attached hydrogen (secondary N) is 1. The molecule has 36 heavy (non-hydrogen) atoms. The molecule has 0 bridgehead atoms. The highest BCUT2D eigenvalue weighted by atomic mass is 32.2. The summed E-state index contributed by atoms with van der Waals surface area (Å²) >= 11 is 2.32. The number of thioether (sulfide) groups is 1. The van der Waals surface area contributed by atoms with E-state index in [4.69, 9.17) is 4.74 Å². The lowest BCUT2D eigenvalue weighted by atomic mass is 10.0. The van der Waals surface area contributed by atoms with Crippen molar-refractivity contribution >= 4 is 45.9 Å². The van der Waals surface area contributed by atoms with Gasteiger partial charge in [0.15, 0.2) is 11.0 Å². The molecule has 0 unspecified atom stereocenters. The Kier molecular flexibility index (Phi) is 8.91. The summed E-state index contributed by atoms with van der Waals surface area (Å²) < 4.78 is 6.85. The fourth-order valence-corrected chi connectivity index (χ4v) is 5.60. The third-order valence-corrected chi connectivity index (χ3v) is 7.75. The van der Waals surface area contributed by atoms with E-state index in [-0.39, 0.29) is 28.1 Å². The minimum absolute atomic E-state index is 0.0545. The van der Waals surface area contributed by atoms with E-state index in [1.165, 1.54) is 29.3 Å². The molecule has 0 atom stereocenters. The number of ether oxygens (including phenoxy) is 1. The van der Waals surface area contributed by atoms with Gasteiger partial charge in [0.05, 0.1) is 23.3 Å². The zero-order chi connectivity index (χ0) is 26.6. The van der Waals surface area contributed by atoms with Crippen LogP contribution in [-0.4, -0.2) is 64.4 Å². The van der Waals surface area contributed by atoms with Gasteiger partial charge >= 0.3 is 5.97 Å². The molecule has 0 aliphatic rings. The van der Waals surface area contributed by atoms with E-state index in [9.17, 15) is 14.4 Å². The quantitative estimate of drug-likeness (QED) is 0.317. The standard InChI is InChI=1S/C25H31N5O4S2/c1-8-30-21(17-11-9-16(10-12-17)14(2)3)27-28-25(30)35-13-18(31)26-22-19(24(33)34-7)15(4)20(36-22)23(32)29(5)6/h9-12,14H,8,13H2,1-7H3,(H,26,31). The molecule has 2 heterocycles. The van der Waals surface area contributed by atoms with Crippen molar-refractivity contribution in [2.75, 3.05) is 32.3 Å². The molecular weight excluding hydrogens is 498 g/mol. The molecule has 0 fully saturated rings. The second kappa shape index (κ2) is 11.7. The van der Waals surface area contributed by atoms with Gasteiger partial charge in [-0.3, -0.25) is 9.59 Å². The first-order chi connectivity index (χ1) is 17.1. The number of methoxy groups -OCH3 is 1. The number of hydrogen-bond donors (Lipinski definition) is 1. The van der Waals surface area contributed by atoms with Crippen LogP contribution >= 0.6 is 23.1 Å². The van der Waals surface area contributed by atoms with Crippen molar-refractivity contribution in [3.63, 3.8) is 0 Å². The Labute approximate surface area is 219 Å². The summed E-state index contributed by atoms with van der Waals surface area (Å²) in [4.78, 5) is 39.5. The Morgan fingerprint density at radius 1 is 1.17 bits per heavy atom. The molecule has 11 heteroatoms. The number of thiophene rings is 1. The lowest BCUT2D eigenvalue weighted by Crippen LogP contribution is -2.21. The lowest BCUT2D eigenvalue weighted by molar-refractivity contribution is -0.113. The maximum absolute atomic E-state index is 12.8. The number of carbonyl (C=O) groups excluding carboxylic acids is 3. The molecule has 1 N–H and O–H groups in total. The van der Waals surface area contributed by atoms with Gasteiger partial charge in [0.2, 0.25) is 5.91 Å². The van der Waals surface area contributed by atoms with Gasteiger partial charge in [-0.2, -0.15) is 0 Å². The summed E-state index contributed by atoms with van der Waals surface area (Å²) in [5.74, 6) is 0.0505. The number of esters is 1. The van der Waals surface area contributed by atoms with Gasteiger partial charge in [0.25, 0.3) is 5.91 Å². The predicted molar refractivity (Wildman–Crippen MR) is 143 cm³/mol. The van der Waals surface area contributed by atoms with Gasteiger partial charge in [-0.25, -0.2) is 4.79 Å². The lowest BCUT2D eigenvalue weighted by Gasteiger charge is -2.09. The van der Waals surface area contributed by atoms with Crippen molar-refractivity contribution in [2.45, 2.75) is 45.3 Å². The third-order valence-electron chi connectivity index (χ3n) is 5.59. The molecular formula is C25H31N5O4S2. The average molecular weight is 530 g/mol. The van der Waals surface area contributed by atoms with Gasteiger partial charge < -0.3 is 19.5 Å². The van der Waals surface area contributed by atoms with Gasteiger partial charge in [0.1, 0.15) is 5.00 Å². The summed E-state index contributed by atoms with van der Waals surface area (Å²) in [6.45, 7) is 8.61. The summed E-state index contributed by atoms with van der Waals surface area (Å²) in [5, 5.41) is 12.3. The first-order valence-electron chi connectivity index (χ1n) is 11.5. The Bertz CT molecular complexity index is 1260. The fourth-order valence-electron chi connectivity index (χ4n) is 3.56. The molecule has 0 saturated carbocycles. The van der Waals surface area contributed by atoms with Crippen molar-refractivity contribution in [1.82, 2.24) is 19.7 Å². The molecule has 0 saturated heterocycles. The zero-order valence-electron chi connectivity index (χ0n) is 21.5. The molecule has 1 aromatic carbocycles. The van der Waals surface area contributed by atoms with Crippen molar-refractivity contribution < 1.29 is 19.1 Å². The van der Waals surface area contributed by atoms with E-state index >= 15 is 0 Å². The molecule has 0 aliphatic carbocycles. The largest absolute Gasteiger partial charge is 0.465 e. The number of anilines is 1. The number of carbonyl (C=O) groups is 3. The van der Waals surface area contributed by atoms with Crippen LogP contribution in [-0.2, 0) is 16.1 Å². The Morgan fingerprint density at radius 2 is 1.83 bits per heavy atom. The number of aromatic nitrogens is 3. The maximum atomic E-state index is 12.8. The first-order valence-corrected chi connectivity index (χ1v) is 13.3. The van der Waals surface area contributed by atoms with Crippen LogP contribution in [0.1, 0.15) is 57.8 Å². The Balaban J connectivity index is 1.77. The number of nitrogens with zero attached hydrogens (tertiary/aromatic N) is 4. The molecule has 2 aromatic heterocycles. The van der Waals surface area contributed by atoms with Crippen LogP contribution in [0.15, 0.2) is 29.4 Å². The van der Waals surface area contributed by atoms with Gasteiger partial charge in [-0.05, 0) is 30.9 Å². The summed E-state index contributed by atoms with van der Waals surface area (Å²) in [6.07, 6.45) is 0. The number of rotatable bonds is 9. The van der Waals surface area contributed by atoms with Crippen molar-refractivity contribution in [3.05, 3.63) is 45.8 Å². The molecule has 0 aliphatic heterocycles. The van der Waals surface area contributed by atoms with Gasteiger partial charge in [-0.15, -0.1) is 21.5 Å². The molecule has 0 spiro atoms. The minimum Gasteiger partial charge on any atom is -0.465 e. The predicted octanol–water partition coefficient (Wildman–Crippen LogP) is 4.68. The van der Waals surface area contributed by atoms with E-state index in [0.29, 0.717) is 28.1 Å². The molecule has 9 nitrogen and oxygen atoms in total. The van der Waals surface area contributed by atoms with Gasteiger partial charge in [0, 0.05) is 26.2 Å². The molecule has 3 aromatic rings. The molecule has 2 amide bonds. The second-order valence-electron chi connectivity index (χ2n) is 8.62. The monoisotopic (exact) mass is 529 g/mol. The van der Waals surface area contributed by atoms with Crippen LogP contribution in [0.4, 0.5) is 5.00 Å². The van der Waals surface area contributed by atoms with E-state index in [0.717, 1.165) is 22.7 Å². The summed E-state index contributed by atoms with van der Waals surface area (Å²) in [7, 11) is 4.52. The van der Waals surface area contributed by atoms with E-state index in [1.54, 1.807) is 21.0 Å². The van der Waals surface area contributed by atoms with E-state index in [2.05, 4.69) is 41.5 Å². The summed E-state index contributed by atoms with van der Waals surface area (Å²) in [5.41, 5.74) is 2.88. The second-order valence-corrected chi connectivity index (χ2v) is 10.6. The third kappa shape index (κ3) is 5.79. The van der Waals surface area contributed by atoms with Gasteiger partial charge in [-0.1, -0.05) is 49.9 Å². The zero-order valence-corrected chi connectivity index (χ0v) is 23.2. The topological polar surface area (TPSA) is 106 Å². The van der Waals surface area contributed by atoms with Crippen LogP contribution < -0.4 is 5.32 Å². The van der Waals surface area contributed by atoms with Crippen molar-refractivity contribution in [2.24, 2.45) is 0 Å². The average Bonchev–Trinajstić information content (AvgIpc) is 3.41. The first kappa shape index (κ1) is 27.4. The highest BCUT2D eigenvalue weighted by molar-refractivity contribution is 7.99. The molecule has 3 rings (SSSR count). The van der Waals surface area contributed by atoms with Crippen LogP contribution in [0.2, 0.25) is 0 Å². The van der Waals surface area contributed by atoms with Crippen LogP contribution in [0.3, 0.4) is 0 Å². The van der Waals surface area contributed by atoms with Crippen LogP contribution in [0.5, 0.6) is 0 Å². The normalized spacial score (nSPS) is 11.0. The van der Waals surface area contributed by atoms with Crippen LogP contribution in [0.25, 0.3) is 11.4 Å². The van der Waals surface area contributed by atoms with Crippen LogP contribution in [0, 0.1) is 6.92 Å². The fraction of sp³-hybridized carbons (Fsp3) is 0.400. The number of benzene rings is 1. The van der Waals surface area contributed by atoms with Crippen molar-refractivity contribution in [1.29, 1.82) is 0 Å². The Hall–Kier alpha value is -3.18. The maximum Gasteiger partial charge on any atom is 0.341 e. The van der Waals surface area contributed by atoms with E-state index in [1.807, 2.05) is 23.6 Å². The number of hydrogen-bond acceptors (Lipinski definition) is 8. The number of amides is 2. The Morgan fingerprint density at radius 3 is 2.39 bits per heavy atom. The van der Waals surface area contributed by atoms with Crippen molar-refractivity contribution in [3.8, 4) is 11.4 Å². The highest BCUT2D eigenvalue weighted by Gasteiger charge is 2.27. The highest BCUT2D eigenvalue weighted by Crippen LogP contribution is 2.34. The SMILES string of the molecule is CCn1c(SCC(=O)Nc2sc(C(=O)N(C)C)c(C)c2C(=O)OC)nnc1-c1ccc(C(C)C)cc1. The smallest absolute Gasteiger partial charge is 0.341 e.